The number of carbonyl (C=O) groups excluding carboxylic acids is 1. The summed E-state index contributed by atoms with van der Waals surface area (Å²) in [4.78, 5) is 11.5. The number of hydrogen-bond donors (Lipinski definition) is 0. The van der Waals surface area contributed by atoms with Crippen LogP contribution in [0.4, 0.5) is 8.78 Å². The summed E-state index contributed by atoms with van der Waals surface area (Å²) in [6.07, 6.45) is 3.29. The number of benzene rings is 2. The van der Waals surface area contributed by atoms with Crippen LogP contribution in [0.15, 0.2) is 60.2 Å². The molecule has 0 unspecified atom stereocenters. The molecule has 0 spiro atoms. The zero-order valence-corrected chi connectivity index (χ0v) is 14.5. The molecule has 0 aromatic heterocycles. The van der Waals surface area contributed by atoms with Crippen molar-refractivity contribution in [2.45, 2.75) is 32.3 Å². The highest BCUT2D eigenvalue weighted by atomic mass is 19.3. The van der Waals surface area contributed by atoms with Crippen molar-refractivity contribution in [3.63, 3.8) is 0 Å². The molecule has 5 heteroatoms. The lowest BCUT2D eigenvalue weighted by molar-refractivity contribution is -0.137. The summed E-state index contributed by atoms with van der Waals surface area (Å²) in [7, 11) is 0. The summed E-state index contributed by atoms with van der Waals surface area (Å²) in [6.45, 7) is -0.646. The van der Waals surface area contributed by atoms with Gasteiger partial charge in [0.2, 0.25) is 0 Å². The van der Waals surface area contributed by atoms with Crippen molar-refractivity contribution in [2.24, 2.45) is 0 Å². The maximum absolute atomic E-state index is 12.2. The molecular weight excluding hydrogens is 338 g/mol. The monoisotopic (exact) mass is 358 g/mol. The van der Waals surface area contributed by atoms with E-state index in [1.165, 1.54) is 17.7 Å². The fraction of sp³-hybridized carbons (Fsp3) is 0.286. The number of carbonyl (C=O) groups is 1. The lowest BCUT2D eigenvalue weighted by Gasteiger charge is -2.29. The number of ether oxygens (including phenoxy) is 2. The minimum absolute atomic E-state index is 0.146. The van der Waals surface area contributed by atoms with E-state index in [4.69, 9.17) is 4.74 Å². The van der Waals surface area contributed by atoms with E-state index in [1.807, 2.05) is 12.1 Å². The van der Waals surface area contributed by atoms with Crippen molar-refractivity contribution >= 4 is 5.97 Å². The molecule has 1 fully saturated rings. The van der Waals surface area contributed by atoms with Crippen LogP contribution >= 0.6 is 0 Å². The average molecular weight is 358 g/mol. The van der Waals surface area contributed by atoms with Gasteiger partial charge in [-0.05, 0) is 54.5 Å². The fourth-order valence-electron chi connectivity index (χ4n) is 3.08. The summed E-state index contributed by atoms with van der Waals surface area (Å²) in [5.74, 6) is 0.255. The van der Waals surface area contributed by atoms with Crippen LogP contribution < -0.4 is 4.74 Å². The van der Waals surface area contributed by atoms with E-state index in [9.17, 15) is 13.6 Å². The summed E-state index contributed by atoms with van der Waals surface area (Å²) in [5.41, 5.74) is 4.27. The van der Waals surface area contributed by atoms with Gasteiger partial charge in [-0.3, -0.25) is 0 Å². The van der Waals surface area contributed by atoms with Crippen LogP contribution in [0.3, 0.4) is 0 Å². The third-order valence-electron chi connectivity index (χ3n) is 4.40. The number of allylic oxidation sites excluding steroid dienone is 1. The Morgan fingerprint density at radius 2 is 1.88 bits per heavy atom. The molecule has 136 valence electrons. The van der Waals surface area contributed by atoms with Gasteiger partial charge in [-0.25, -0.2) is 4.79 Å². The fourth-order valence-corrected chi connectivity index (χ4v) is 3.08. The summed E-state index contributed by atoms with van der Waals surface area (Å²) >= 11 is 0. The summed E-state index contributed by atoms with van der Waals surface area (Å²) in [5, 5.41) is 0. The summed E-state index contributed by atoms with van der Waals surface area (Å²) < 4.78 is 33.8. The summed E-state index contributed by atoms with van der Waals surface area (Å²) in [6, 6.07) is 14.8. The Bertz CT molecular complexity index is 789. The molecule has 0 atom stereocenters. The average Bonchev–Trinajstić information content (AvgIpc) is 2.58. The van der Waals surface area contributed by atoms with E-state index in [1.54, 1.807) is 25.1 Å². The molecule has 26 heavy (non-hydrogen) atoms. The van der Waals surface area contributed by atoms with Gasteiger partial charge in [-0.1, -0.05) is 42.0 Å². The van der Waals surface area contributed by atoms with Gasteiger partial charge < -0.3 is 9.47 Å². The second-order valence-electron chi connectivity index (χ2n) is 6.19. The highest BCUT2D eigenvalue weighted by molar-refractivity contribution is 5.83. The zero-order valence-electron chi connectivity index (χ0n) is 14.5. The predicted molar refractivity (Wildman–Crippen MR) is 95.2 cm³/mol. The van der Waals surface area contributed by atoms with Crippen molar-refractivity contribution in [1.82, 2.24) is 0 Å². The number of alkyl halides is 2. The first kappa shape index (κ1) is 18.1. The Balaban J connectivity index is 1.67. The molecule has 2 aromatic carbocycles. The molecule has 0 saturated heterocycles. The van der Waals surface area contributed by atoms with Crippen LogP contribution in [0.5, 0.6) is 5.75 Å². The van der Waals surface area contributed by atoms with Crippen molar-refractivity contribution < 1.29 is 23.0 Å². The first-order valence-corrected chi connectivity index (χ1v) is 8.56. The van der Waals surface area contributed by atoms with E-state index in [0.29, 0.717) is 12.5 Å². The Morgan fingerprint density at radius 3 is 2.54 bits per heavy atom. The van der Waals surface area contributed by atoms with Gasteiger partial charge in [0.05, 0.1) is 6.61 Å². The van der Waals surface area contributed by atoms with Gasteiger partial charge in [-0.15, -0.1) is 0 Å². The molecule has 3 rings (SSSR count). The first-order valence-electron chi connectivity index (χ1n) is 8.56. The van der Waals surface area contributed by atoms with E-state index >= 15 is 0 Å². The quantitative estimate of drug-likeness (QED) is 0.518. The normalized spacial score (nSPS) is 16.2. The van der Waals surface area contributed by atoms with Gasteiger partial charge in [0.25, 0.3) is 0 Å². The van der Waals surface area contributed by atoms with Crippen molar-refractivity contribution in [3.8, 4) is 16.9 Å². The molecule has 3 nitrogen and oxygen atoms in total. The van der Waals surface area contributed by atoms with Crippen molar-refractivity contribution in [2.75, 3.05) is 6.61 Å². The zero-order chi connectivity index (χ0) is 18.5. The topological polar surface area (TPSA) is 35.5 Å². The molecule has 1 saturated carbocycles. The number of esters is 1. The maximum Gasteiger partial charge on any atom is 0.387 e. The minimum Gasteiger partial charge on any atom is -0.463 e. The van der Waals surface area contributed by atoms with Crippen molar-refractivity contribution in [3.05, 3.63) is 65.7 Å². The predicted octanol–water partition coefficient (Wildman–Crippen LogP) is 5.32. The van der Waals surface area contributed by atoms with Crippen LogP contribution in [0.1, 0.15) is 31.2 Å². The second kappa shape index (κ2) is 8.13. The van der Waals surface area contributed by atoms with E-state index in [-0.39, 0.29) is 11.7 Å². The van der Waals surface area contributed by atoms with E-state index < -0.39 is 6.61 Å². The SMILES string of the molecule is CCOC(=O)C=C1CC(c2cccc(-c3ccc(OC(F)F)cc3)c2)C1. The van der Waals surface area contributed by atoms with E-state index in [2.05, 4.69) is 16.9 Å². The highest BCUT2D eigenvalue weighted by Gasteiger charge is 2.25. The standard InChI is InChI=1S/C21H20F2O3/c1-2-25-20(24)12-14-10-18(11-14)17-5-3-4-16(13-17)15-6-8-19(9-7-15)26-21(22)23/h3-9,12-13,18,21H,2,10-11H2,1H3. The minimum atomic E-state index is -2.82. The van der Waals surface area contributed by atoms with Gasteiger partial charge in [0.1, 0.15) is 5.75 Å². The molecular formula is C21H20F2O3. The van der Waals surface area contributed by atoms with Gasteiger partial charge in [-0.2, -0.15) is 8.78 Å². The van der Waals surface area contributed by atoms with Crippen molar-refractivity contribution in [1.29, 1.82) is 0 Å². The Labute approximate surface area is 151 Å². The third kappa shape index (κ3) is 4.48. The third-order valence-corrected chi connectivity index (χ3v) is 4.40. The second-order valence-corrected chi connectivity index (χ2v) is 6.19. The molecule has 0 heterocycles. The molecule has 0 aliphatic heterocycles. The molecule has 0 radical (unpaired) electrons. The van der Waals surface area contributed by atoms with Crippen LogP contribution in [0.2, 0.25) is 0 Å². The molecule has 1 aliphatic rings. The van der Waals surface area contributed by atoms with Gasteiger partial charge in [0.15, 0.2) is 0 Å². The van der Waals surface area contributed by atoms with Gasteiger partial charge in [0, 0.05) is 6.08 Å². The molecule has 0 N–H and O–H groups in total. The number of halogens is 2. The Kier molecular flexibility index (Phi) is 5.66. The smallest absolute Gasteiger partial charge is 0.387 e. The number of hydrogen-bond acceptors (Lipinski definition) is 3. The van der Waals surface area contributed by atoms with Gasteiger partial charge >= 0.3 is 12.6 Å². The lowest BCUT2D eigenvalue weighted by atomic mass is 9.75. The molecule has 1 aliphatic carbocycles. The van der Waals surface area contributed by atoms with Crippen LogP contribution in [-0.4, -0.2) is 19.2 Å². The van der Waals surface area contributed by atoms with Crippen LogP contribution in [0.25, 0.3) is 11.1 Å². The molecule has 2 aromatic rings. The number of rotatable bonds is 6. The van der Waals surface area contributed by atoms with Crippen LogP contribution in [-0.2, 0) is 9.53 Å². The maximum atomic E-state index is 12.2. The molecule has 0 amide bonds. The Hall–Kier alpha value is -2.69. The first-order chi connectivity index (χ1) is 12.5. The van der Waals surface area contributed by atoms with E-state index in [0.717, 1.165) is 29.5 Å². The highest BCUT2D eigenvalue weighted by Crippen LogP contribution is 2.42. The molecule has 0 bridgehead atoms. The largest absolute Gasteiger partial charge is 0.463 e. The lowest BCUT2D eigenvalue weighted by Crippen LogP contribution is -2.15. The Morgan fingerprint density at radius 1 is 1.15 bits per heavy atom. The van der Waals surface area contributed by atoms with Crippen LogP contribution in [0, 0.1) is 0 Å².